The first kappa shape index (κ1) is 20.8. The monoisotopic (exact) mass is 406 g/mol. The van der Waals surface area contributed by atoms with E-state index in [9.17, 15) is 4.79 Å². The number of aryl methyl sites for hydroxylation is 1. The number of ether oxygens (including phenoxy) is 1. The zero-order valence-electron chi connectivity index (χ0n) is 18.3. The van der Waals surface area contributed by atoms with Gasteiger partial charge in [-0.25, -0.2) is 0 Å². The van der Waals surface area contributed by atoms with Gasteiger partial charge in [0.05, 0.1) is 6.04 Å². The molecule has 1 fully saturated rings. The van der Waals surface area contributed by atoms with Gasteiger partial charge in [-0.2, -0.15) is 0 Å². The Labute approximate surface area is 180 Å². The number of carbonyl (C=O) groups is 1. The van der Waals surface area contributed by atoms with Crippen molar-refractivity contribution in [1.29, 1.82) is 0 Å². The zero-order valence-corrected chi connectivity index (χ0v) is 18.3. The molecule has 2 atom stereocenters. The van der Waals surface area contributed by atoms with E-state index in [1.165, 1.54) is 42.5 Å². The Morgan fingerprint density at radius 2 is 1.93 bits per heavy atom. The fourth-order valence-corrected chi connectivity index (χ4v) is 4.79. The summed E-state index contributed by atoms with van der Waals surface area (Å²) in [6.45, 7) is 6.68. The van der Waals surface area contributed by atoms with Crippen LogP contribution in [0.3, 0.4) is 0 Å². The van der Waals surface area contributed by atoms with E-state index in [4.69, 9.17) is 4.74 Å². The van der Waals surface area contributed by atoms with Crippen molar-refractivity contribution in [1.82, 2.24) is 5.32 Å². The maximum absolute atomic E-state index is 12.5. The third-order valence-corrected chi connectivity index (χ3v) is 6.50. The third-order valence-electron chi connectivity index (χ3n) is 6.50. The number of piperidine rings is 1. The highest BCUT2D eigenvalue weighted by molar-refractivity contribution is 5.78. The van der Waals surface area contributed by atoms with Crippen molar-refractivity contribution in [3.05, 3.63) is 59.2 Å². The van der Waals surface area contributed by atoms with Gasteiger partial charge in [-0.15, -0.1) is 0 Å². The molecule has 1 N–H and O–H groups in total. The van der Waals surface area contributed by atoms with Crippen molar-refractivity contribution in [2.75, 3.05) is 24.6 Å². The Morgan fingerprint density at radius 1 is 1.13 bits per heavy atom. The molecule has 0 aromatic heterocycles. The van der Waals surface area contributed by atoms with E-state index in [1.54, 1.807) is 0 Å². The molecule has 2 aromatic rings. The van der Waals surface area contributed by atoms with Gasteiger partial charge in [0.1, 0.15) is 5.75 Å². The Bertz CT molecular complexity index is 862. The minimum atomic E-state index is -0.0788. The standard InChI is InChI=1S/C26H34N2O2/c1-19-7-6-16-28(17-19)23-14-12-21(13-15-23)20(2)27-26(29)18-30-25-11-5-9-22-8-3-4-10-24(22)25/h5,9,11-15,19-20H,3-4,6-8,10,16-18H2,1-2H3,(H,27,29)/t19-,20+/m1/s1. The molecule has 2 aliphatic rings. The summed E-state index contributed by atoms with van der Waals surface area (Å²) in [6, 6.07) is 14.8. The first-order chi connectivity index (χ1) is 14.6. The van der Waals surface area contributed by atoms with Crippen molar-refractivity contribution in [2.24, 2.45) is 5.92 Å². The minimum Gasteiger partial charge on any atom is -0.483 e. The highest BCUT2D eigenvalue weighted by Gasteiger charge is 2.18. The van der Waals surface area contributed by atoms with Crippen LogP contribution in [0.5, 0.6) is 5.75 Å². The second-order valence-electron chi connectivity index (χ2n) is 8.96. The lowest BCUT2D eigenvalue weighted by atomic mass is 9.91. The number of amides is 1. The second kappa shape index (κ2) is 9.55. The summed E-state index contributed by atoms with van der Waals surface area (Å²) < 4.78 is 5.89. The molecule has 4 nitrogen and oxygen atoms in total. The highest BCUT2D eigenvalue weighted by Crippen LogP contribution is 2.29. The van der Waals surface area contributed by atoms with Gasteiger partial charge in [-0.05, 0) is 86.3 Å². The van der Waals surface area contributed by atoms with E-state index < -0.39 is 0 Å². The molecule has 0 spiro atoms. The molecule has 160 valence electrons. The number of carbonyl (C=O) groups excluding carboxylic acids is 1. The fourth-order valence-electron chi connectivity index (χ4n) is 4.79. The molecule has 1 aliphatic carbocycles. The van der Waals surface area contributed by atoms with Crippen LogP contribution < -0.4 is 15.0 Å². The molecule has 0 unspecified atom stereocenters. The number of nitrogens with zero attached hydrogens (tertiary/aromatic N) is 1. The van der Waals surface area contributed by atoms with Crippen molar-refractivity contribution in [2.45, 2.75) is 58.4 Å². The van der Waals surface area contributed by atoms with Gasteiger partial charge < -0.3 is 15.0 Å². The van der Waals surface area contributed by atoms with Crippen molar-refractivity contribution in [3.8, 4) is 5.75 Å². The van der Waals surface area contributed by atoms with Gasteiger partial charge in [0, 0.05) is 18.8 Å². The van der Waals surface area contributed by atoms with Gasteiger partial charge in [-0.1, -0.05) is 31.2 Å². The van der Waals surface area contributed by atoms with E-state index in [-0.39, 0.29) is 18.6 Å². The molecule has 4 heteroatoms. The summed E-state index contributed by atoms with van der Waals surface area (Å²) in [5.41, 5.74) is 5.05. The maximum atomic E-state index is 12.5. The van der Waals surface area contributed by atoms with Crippen LogP contribution in [0, 0.1) is 5.92 Å². The normalized spacial score (nSPS) is 19.7. The summed E-state index contributed by atoms with van der Waals surface area (Å²) in [6.07, 6.45) is 7.19. The minimum absolute atomic E-state index is 0.0416. The molecule has 0 saturated carbocycles. The number of nitrogens with one attached hydrogen (secondary N) is 1. The molecule has 1 saturated heterocycles. The van der Waals surface area contributed by atoms with E-state index in [2.05, 4.69) is 47.5 Å². The number of benzene rings is 2. The molecule has 4 rings (SSSR count). The highest BCUT2D eigenvalue weighted by atomic mass is 16.5. The van der Waals surface area contributed by atoms with Crippen LogP contribution in [0.15, 0.2) is 42.5 Å². The van der Waals surface area contributed by atoms with E-state index >= 15 is 0 Å². The number of fused-ring (bicyclic) bond motifs is 1. The van der Waals surface area contributed by atoms with Gasteiger partial charge in [-0.3, -0.25) is 4.79 Å². The summed E-state index contributed by atoms with van der Waals surface area (Å²) in [5, 5.41) is 3.08. The van der Waals surface area contributed by atoms with Crippen LogP contribution in [0.4, 0.5) is 5.69 Å². The van der Waals surface area contributed by atoms with Gasteiger partial charge in [0.25, 0.3) is 5.91 Å². The molecule has 2 aromatic carbocycles. The Morgan fingerprint density at radius 3 is 2.73 bits per heavy atom. The van der Waals surface area contributed by atoms with Crippen LogP contribution in [0.25, 0.3) is 0 Å². The summed E-state index contributed by atoms with van der Waals surface area (Å²) in [5.74, 6) is 1.55. The number of rotatable bonds is 6. The van der Waals surface area contributed by atoms with E-state index in [1.807, 2.05) is 19.1 Å². The fraction of sp³-hybridized carbons (Fsp3) is 0.500. The largest absolute Gasteiger partial charge is 0.483 e. The third kappa shape index (κ3) is 4.97. The molecule has 0 bridgehead atoms. The average Bonchev–Trinajstić information content (AvgIpc) is 2.77. The van der Waals surface area contributed by atoms with Crippen LogP contribution in [0.2, 0.25) is 0 Å². The van der Waals surface area contributed by atoms with Crippen molar-refractivity contribution >= 4 is 11.6 Å². The number of hydrogen-bond donors (Lipinski definition) is 1. The summed E-state index contributed by atoms with van der Waals surface area (Å²) in [4.78, 5) is 14.9. The second-order valence-corrected chi connectivity index (χ2v) is 8.96. The lowest BCUT2D eigenvalue weighted by Crippen LogP contribution is -2.34. The quantitative estimate of drug-likeness (QED) is 0.729. The smallest absolute Gasteiger partial charge is 0.258 e. The molecule has 0 radical (unpaired) electrons. The van der Waals surface area contributed by atoms with Gasteiger partial charge in [0.15, 0.2) is 6.61 Å². The van der Waals surface area contributed by atoms with E-state index in [0.29, 0.717) is 0 Å². The zero-order chi connectivity index (χ0) is 20.9. The first-order valence-electron chi connectivity index (χ1n) is 11.5. The summed E-state index contributed by atoms with van der Waals surface area (Å²) >= 11 is 0. The van der Waals surface area contributed by atoms with Crippen molar-refractivity contribution < 1.29 is 9.53 Å². The predicted octanol–water partition coefficient (Wildman–Crippen LogP) is 5.06. The van der Waals surface area contributed by atoms with Crippen molar-refractivity contribution in [3.63, 3.8) is 0 Å². The molecule has 1 heterocycles. The van der Waals surface area contributed by atoms with Gasteiger partial charge in [0.2, 0.25) is 0 Å². The molecule has 30 heavy (non-hydrogen) atoms. The molecular weight excluding hydrogens is 372 g/mol. The van der Waals surface area contributed by atoms with Gasteiger partial charge >= 0.3 is 0 Å². The SMILES string of the molecule is C[C@@H]1CCCN(c2ccc([C@H](C)NC(=O)COc3cccc4c3CCCC4)cc2)C1. The van der Waals surface area contributed by atoms with Crippen LogP contribution in [-0.2, 0) is 17.6 Å². The van der Waals surface area contributed by atoms with E-state index in [0.717, 1.165) is 43.2 Å². The molecular formula is C26H34N2O2. The van der Waals surface area contributed by atoms with Crippen LogP contribution in [-0.4, -0.2) is 25.6 Å². The Kier molecular flexibility index (Phi) is 6.61. The Balaban J connectivity index is 1.30. The lowest BCUT2D eigenvalue weighted by molar-refractivity contribution is -0.123. The maximum Gasteiger partial charge on any atom is 0.258 e. The van der Waals surface area contributed by atoms with Crippen LogP contribution in [0.1, 0.15) is 62.3 Å². The topological polar surface area (TPSA) is 41.6 Å². The lowest BCUT2D eigenvalue weighted by Gasteiger charge is -2.33. The Hall–Kier alpha value is -2.49. The van der Waals surface area contributed by atoms with Crippen LogP contribution >= 0.6 is 0 Å². The molecule has 1 aliphatic heterocycles. The number of hydrogen-bond acceptors (Lipinski definition) is 3. The molecule has 1 amide bonds. The number of anilines is 1. The summed E-state index contributed by atoms with van der Waals surface area (Å²) in [7, 11) is 0. The predicted molar refractivity (Wildman–Crippen MR) is 122 cm³/mol. The first-order valence-corrected chi connectivity index (χ1v) is 11.5. The average molecular weight is 407 g/mol.